The number of nitrogens with zero attached hydrogens (tertiary/aromatic N) is 1. The van der Waals surface area contributed by atoms with Crippen molar-refractivity contribution >= 4 is 27.8 Å². The van der Waals surface area contributed by atoms with Gasteiger partial charge in [-0.25, -0.2) is 8.42 Å². The van der Waals surface area contributed by atoms with Gasteiger partial charge in [0.05, 0.1) is 4.90 Å². The van der Waals surface area contributed by atoms with Gasteiger partial charge in [-0.1, -0.05) is 13.0 Å². The molecule has 0 unspecified atom stereocenters. The molecule has 0 amide bonds. The summed E-state index contributed by atoms with van der Waals surface area (Å²) in [6.45, 7) is 9.72. The van der Waals surface area contributed by atoms with Gasteiger partial charge < -0.3 is 9.84 Å². The van der Waals surface area contributed by atoms with Crippen LogP contribution in [0.2, 0.25) is 0 Å². The lowest BCUT2D eigenvalue weighted by Crippen LogP contribution is -2.43. The number of aryl methyl sites for hydroxylation is 1. The predicted molar refractivity (Wildman–Crippen MR) is 116 cm³/mol. The highest BCUT2D eigenvalue weighted by Gasteiger charge is 2.42. The molecule has 0 radical (unpaired) electrons. The van der Waals surface area contributed by atoms with Crippen molar-refractivity contribution in [3.63, 3.8) is 0 Å². The molecule has 2 atom stereocenters. The van der Waals surface area contributed by atoms with Gasteiger partial charge in [0.2, 0.25) is 10.0 Å². The van der Waals surface area contributed by atoms with Crippen molar-refractivity contribution in [1.29, 1.82) is 0 Å². The minimum atomic E-state index is -3.84. The maximum atomic E-state index is 13.5. The summed E-state index contributed by atoms with van der Waals surface area (Å²) in [5.74, 6) is -0.490. The molecule has 0 bridgehead atoms. The van der Waals surface area contributed by atoms with Crippen molar-refractivity contribution in [3.05, 3.63) is 23.8 Å². The summed E-state index contributed by atoms with van der Waals surface area (Å²) in [6.07, 6.45) is 2.56. The Hall–Kier alpha value is -1.09. The maximum Gasteiger partial charge on any atom is 0.324 e. The minimum Gasteiger partial charge on any atom is -0.459 e. The number of rotatable bonds is 8. The summed E-state index contributed by atoms with van der Waals surface area (Å²) in [5, 5.41) is 9.22. The fourth-order valence-electron chi connectivity index (χ4n) is 3.33. The third-order valence-corrected chi connectivity index (χ3v) is 7.99. The molecule has 164 valence electrons. The molecular formula is C21H33NO5S2. The van der Waals surface area contributed by atoms with E-state index < -0.39 is 27.6 Å². The second kappa shape index (κ2) is 9.81. The van der Waals surface area contributed by atoms with Crippen molar-refractivity contribution in [3.8, 4) is 0 Å². The van der Waals surface area contributed by atoms with Crippen LogP contribution in [0.25, 0.3) is 0 Å². The summed E-state index contributed by atoms with van der Waals surface area (Å²) in [5.41, 5.74) is 0.313. The third kappa shape index (κ3) is 6.44. The fraction of sp³-hybridized carbons (Fsp3) is 0.667. The van der Waals surface area contributed by atoms with Crippen molar-refractivity contribution in [2.45, 2.75) is 87.0 Å². The molecule has 0 saturated carbocycles. The second-order valence-corrected chi connectivity index (χ2v) is 11.9. The molecule has 1 saturated heterocycles. The first-order valence-corrected chi connectivity index (χ1v) is 12.4. The second-order valence-electron chi connectivity index (χ2n) is 8.55. The largest absolute Gasteiger partial charge is 0.459 e. The SMILES string of the molecule is Cc1ccc(S(=O)(=O)N2CCC[C@H]2C(=O)OC(C)(C)C)c(S[C@H](C)CCCO)c1. The molecule has 1 aromatic rings. The zero-order valence-electron chi connectivity index (χ0n) is 18.0. The Labute approximate surface area is 179 Å². The normalized spacial score (nSPS) is 19.3. The van der Waals surface area contributed by atoms with Gasteiger partial charge in [-0.3, -0.25) is 4.79 Å². The topological polar surface area (TPSA) is 83.9 Å². The van der Waals surface area contributed by atoms with Gasteiger partial charge in [-0.15, -0.1) is 11.8 Å². The van der Waals surface area contributed by atoms with Gasteiger partial charge in [0.1, 0.15) is 11.6 Å². The average Bonchev–Trinajstić information content (AvgIpc) is 3.09. The van der Waals surface area contributed by atoms with Crippen LogP contribution >= 0.6 is 11.8 Å². The molecule has 1 N–H and O–H groups in total. The van der Waals surface area contributed by atoms with Crippen molar-refractivity contribution < 1.29 is 23.1 Å². The number of benzene rings is 1. The highest BCUT2D eigenvalue weighted by atomic mass is 32.2. The third-order valence-electron chi connectivity index (χ3n) is 4.67. The molecule has 1 aromatic carbocycles. The summed E-state index contributed by atoms with van der Waals surface area (Å²) >= 11 is 1.50. The van der Waals surface area contributed by atoms with E-state index in [4.69, 9.17) is 9.84 Å². The molecule has 0 aromatic heterocycles. The Bertz CT molecular complexity index is 817. The van der Waals surface area contributed by atoms with Crippen molar-refractivity contribution in [1.82, 2.24) is 4.31 Å². The van der Waals surface area contributed by atoms with E-state index in [0.717, 1.165) is 12.0 Å². The van der Waals surface area contributed by atoms with E-state index in [2.05, 4.69) is 0 Å². The smallest absolute Gasteiger partial charge is 0.324 e. The van der Waals surface area contributed by atoms with Crippen LogP contribution in [0, 0.1) is 6.92 Å². The van der Waals surface area contributed by atoms with E-state index >= 15 is 0 Å². The van der Waals surface area contributed by atoms with Gasteiger partial charge in [-0.2, -0.15) is 4.31 Å². The quantitative estimate of drug-likeness (QED) is 0.487. The van der Waals surface area contributed by atoms with Crippen molar-refractivity contribution in [2.24, 2.45) is 0 Å². The number of esters is 1. The average molecular weight is 444 g/mol. The molecule has 0 spiro atoms. The van der Waals surface area contributed by atoms with Crippen LogP contribution < -0.4 is 0 Å². The molecule has 1 heterocycles. The van der Waals surface area contributed by atoms with Crippen LogP contribution in [-0.4, -0.2) is 53.8 Å². The zero-order chi connectivity index (χ0) is 21.8. The van der Waals surface area contributed by atoms with Crippen LogP contribution in [-0.2, 0) is 19.6 Å². The number of sulfonamides is 1. The molecule has 1 fully saturated rings. The number of ether oxygens (including phenoxy) is 1. The van der Waals surface area contributed by atoms with E-state index in [1.54, 1.807) is 32.9 Å². The Morgan fingerprint density at radius 1 is 1.38 bits per heavy atom. The number of thioether (sulfide) groups is 1. The molecular weight excluding hydrogens is 410 g/mol. The highest BCUT2D eigenvalue weighted by molar-refractivity contribution is 8.00. The van der Waals surface area contributed by atoms with Gasteiger partial charge in [0.25, 0.3) is 0 Å². The van der Waals surface area contributed by atoms with Crippen LogP contribution in [0.5, 0.6) is 0 Å². The number of aliphatic hydroxyl groups excluding tert-OH is 1. The summed E-state index contributed by atoms with van der Waals surface area (Å²) in [4.78, 5) is 13.5. The number of aliphatic hydroxyl groups is 1. The van der Waals surface area contributed by atoms with Crippen LogP contribution in [0.3, 0.4) is 0 Å². The van der Waals surface area contributed by atoms with Gasteiger partial charge in [-0.05, 0) is 71.1 Å². The Morgan fingerprint density at radius 2 is 2.07 bits per heavy atom. The Kier molecular flexibility index (Phi) is 8.18. The molecule has 2 rings (SSSR count). The van der Waals surface area contributed by atoms with Crippen LogP contribution in [0.1, 0.15) is 58.9 Å². The number of carbonyl (C=O) groups is 1. The Balaban J connectivity index is 2.33. The van der Waals surface area contributed by atoms with Gasteiger partial charge in [0.15, 0.2) is 0 Å². The lowest BCUT2D eigenvalue weighted by molar-refractivity contribution is -0.158. The van der Waals surface area contributed by atoms with Gasteiger partial charge >= 0.3 is 5.97 Å². The van der Waals surface area contributed by atoms with Crippen LogP contribution in [0.15, 0.2) is 28.0 Å². The zero-order valence-corrected chi connectivity index (χ0v) is 19.6. The summed E-state index contributed by atoms with van der Waals surface area (Å²) in [6, 6.07) is 4.51. The van der Waals surface area contributed by atoms with Crippen LogP contribution in [0.4, 0.5) is 0 Å². The standard InChI is InChI=1S/C21H33NO5S2/c1-15-10-11-19(18(14-15)28-16(2)8-7-13-23)29(25,26)22-12-6-9-17(22)20(24)27-21(3,4)5/h10-11,14,16-17,23H,6-9,12-13H2,1-5H3/t16-,17+/m1/s1. The first kappa shape index (κ1) is 24.2. The van der Waals surface area contributed by atoms with E-state index in [9.17, 15) is 13.2 Å². The van der Waals surface area contributed by atoms with Crippen molar-refractivity contribution in [2.75, 3.05) is 13.2 Å². The molecule has 0 aliphatic carbocycles. The lowest BCUT2D eigenvalue weighted by Gasteiger charge is -2.27. The fourth-order valence-corrected chi connectivity index (χ4v) is 6.65. The van der Waals surface area contributed by atoms with E-state index in [0.29, 0.717) is 30.7 Å². The number of carbonyl (C=O) groups excluding carboxylic acids is 1. The van der Waals surface area contributed by atoms with E-state index in [1.807, 2.05) is 19.9 Å². The Morgan fingerprint density at radius 3 is 2.69 bits per heavy atom. The molecule has 1 aliphatic rings. The first-order valence-electron chi connectivity index (χ1n) is 10.1. The highest BCUT2D eigenvalue weighted by Crippen LogP contribution is 2.36. The maximum absolute atomic E-state index is 13.5. The summed E-state index contributed by atoms with van der Waals surface area (Å²) < 4.78 is 33.8. The summed E-state index contributed by atoms with van der Waals surface area (Å²) in [7, 11) is -3.84. The van der Waals surface area contributed by atoms with E-state index in [1.165, 1.54) is 16.1 Å². The number of hydrogen-bond donors (Lipinski definition) is 1. The first-order chi connectivity index (χ1) is 13.5. The monoisotopic (exact) mass is 443 g/mol. The number of hydrogen-bond acceptors (Lipinski definition) is 6. The minimum absolute atomic E-state index is 0.120. The molecule has 6 nitrogen and oxygen atoms in total. The lowest BCUT2D eigenvalue weighted by atomic mass is 10.2. The molecule has 8 heteroatoms. The predicted octanol–water partition coefficient (Wildman–Crippen LogP) is 3.74. The van der Waals surface area contributed by atoms with Gasteiger partial charge in [0, 0.05) is 23.3 Å². The molecule has 1 aliphatic heterocycles. The molecule has 29 heavy (non-hydrogen) atoms. The van der Waals surface area contributed by atoms with E-state index in [-0.39, 0.29) is 16.8 Å².